The summed E-state index contributed by atoms with van der Waals surface area (Å²) in [5.41, 5.74) is 3.70. The molecule has 0 atom stereocenters. The second-order valence-electron chi connectivity index (χ2n) is 7.16. The molecule has 0 spiro atoms. The van der Waals surface area contributed by atoms with Crippen molar-refractivity contribution in [3.8, 4) is 11.5 Å². The van der Waals surface area contributed by atoms with Gasteiger partial charge in [-0.2, -0.15) is 0 Å². The molecule has 0 saturated carbocycles. The molecular weight excluding hydrogens is 390 g/mol. The number of methoxy groups -OCH3 is 2. The monoisotopic (exact) mass is 415 g/mol. The minimum Gasteiger partial charge on any atom is -0.497 e. The second kappa shape index (κ2) is 9.34. The summed E-state index contributed by atoms with van der Waals surface area (Å²) in [6.07, 6.45) is 0.617. The van der Waals surface area contributed by atoms with Crippen LogP contribution < -0.4 is 14.8 Å². The fraction of sp³-hybridized carbons (Fsp3) is 0.200. The molecule has 1 amide bonds. The Morgan fingerprint density at radius 2 is 1.68 bits per heavy atom. The lowest BCUT2D eigenvalue weighted by molar-refractivity contribution is 0.0951. The second-order valence-corrected chi connectivity index (χ2v) is 7.16. The standard InChI is InChI=1S/C25H25N3O3/c1-30-19-13-11-18(12-14-19)17-28-22-9-5-4-8-21(22)27-24(28)15-16-26-25(29)20-7-3-6-10-23(20)31-2/h3-14H,15-17H2,1-2H3,(H,26,29). The van der Waals surface area contributed by atoms with Gasteiger partial charge in [-0.05, 0) is 42.0 Å². The van der Waals surface area contributed by atoms with E-state index < -0.39 is 0 Å². The van der Waals surface area contributed by atoms with E-state index in [1.807, 2.05) is 42.5 Å². The molecule has 0 unspecified atom stereocenters. The van der Waals surface area contributed by atoms with E-state index in [0.29, 0.717) is 30.8 Å². The molecule has 1 aromatic heterocycles. The van der Waals surface area contributed by atoms with Gasteiger partial charge in [-0.3, -0.25) is 4.79 Å². The molecule has 6 nitrogen and oxygen atoms in total. The van der Waals surface area contributed by atoms with E-state index in [9.17, 15) is 4.79 Å². The number of fused-ring (bicyclic) bond motifs is 1. The lowest BCUT2D eigenvalue weighted by Gasteiger charge is -2.12. The van der Waals surface area contributed by atoms with Crippen LogP contribution in [0.1, 0.15) is 21.7 Å². The number of rotatable bonds is 8. The highest BCUT2D eigenvalue weighted by atomic mass is 16.5. The number of imidazole rings is 1. The zero-order valence-electron chi connectivity index (χ0n) is 17.7. The highest BCUT2D eigenvalue weighted by Gasteiger charge is 2.14. The van der Waals surface area contributed by atoms with Gasteiger partial charge >= 0.3 is 0 Å². The van der Waals surface area contributed by atoms with Crippen LogP contribution in [0.3, 0.4) is 0 Å². The van der Waals surface area contributed by atoms with E-state index >= 15 is 0 Å². The molecule has 0 aliphatic carbocycles. The Bertz CT molecular complexity index is 1180. The smallest absolute Gasteiger partial charge is 0.255 e. The maximum atomic E-state index is 12.6. The molecule has 0 fully saturated rings. The fourth-order valence-electron chi connectivity index (χ4n) is 3.62. The zero-order valence-corrected chi connectivity index (χ0v) is 17.7. The van der Waals surface area contributed by atoms with Crippen molar-refractivity contribution in [1.29, 1.82) is 0 Å². The molecule has 1 N–H and O–H groups in total. The Morgan fingerprint density at radius 1 is 0.935 bits per heavy atom. The van der Waals surface area contributed by atoms with Crippen LogP contribution in [0.5, 0.6) is 11.5 Å². The number of carbonyl (C=O) groups is 1. The topological polar surface area (TPSA) is 65.4 Å². The summed E-state index contributed by atoms with van der Waals surface area (Å²) in [6, 6.07) is 23.3. The number of aromatic nitrogens is 2. The van der Waals surface area contributed by atoms with E-state index in [-0.39, 0.29) is 5.91 Å². The van der Waals surface area contributed by atoms with Crippen LogP contribution in [0, 0.1) is 0 Å². The molecule has 0 aliphatic rings. The Hall–Kier alpha value is -3.80. The molecule has 0 radical (unpaired) electrons. The lowest BCUT2D eigenvalue weighted by Crippen LogP contribution is -2.27. The Kier molecular flexibility index (Phi) is 6.17. The maximum Gasteiger partial charge on any atom is 0.255 e. The van der Waals surface area contributed by atoms with Crippen molar-refractivity contribution in [2.24, 2.45) is 0 Å². The zero-order chi connectivity index (χ0) is 21.6. The first-order chi connectivity index (χ1) is 15.2. The molecule has 31 heavy (non-hydrogen) atoms. The first kappa shape index (κ1) is 20.5. The summed E-state index contributed by atoms with van der Waals surface area (Å²) in [4.78, 5) is 17.4. The quantitative estimate of drug-likeness (QED) is 0.471. The van der Waals surface area contributed by atoms with E-state index in [2.05, 4.69) is 28.1 Å². The molecule has 3 aromatic carbocycles. The number of hydrogen-bond acceptors (Lipinski definition) is 4. The van der Waals surface area contributed by atoms with Crippen LogP contribution in [0.15, 0.2) is 72.8 Å². The van der Waals surface area contributed by atoms with Gasteiger partial charge in [-0.1, -0.05) is 36.4 Å². The van der Waals surface area contributed by atoms with Gasteiger partial charge < -0.3 is 19.4 Å². The third kappa shape index (κ3) is 4.53. The van der Waals surface area contributed by atoms with Crippen LogP contribution in [0.2, 0.25) is 0 Å². The molecule has 4 aromatic rings. The van der Waals surface area contributed by atoms with Crippen molar-refractivity contribution in [3.63, 3.8) is 0 Å². The Morgan fingerprint density at radius 3 is 2.45 bits per heavy atom. The van der Waals surface area contributed by atoms with Gasteiger partial charge in [0.25, 0.3) is 5.91 Å². The molecular formula is C25H25N3O3. The van der Waals surface area contributed by atoms with Crippen molar-refractivity contribution in [1.82, 2.24) is 14.9 Å². The van der Waals surface area contributed by atoms with Crippen LogP contribution in [-0.4, -0.2) is 36.2 Å². The predicted octanol–water partition coefficient (Wildman–Crippen LogP) is 4.07. The highest BCUT2D eigenvalue weighted by molar-refractivity contribution is 5.96. The normalized spacial score (nSPS) is 10.8. The number of para-hydroxylation sites is 3. The Balaban J connectivity index is 1.52. The maximum absolute atomic E-state index is 12.6. The first-order valence-corrected chi connectivity index (χ1v) is 10.2. The molecule has 158 valence electrons. The average Bonchev–Trinajstić information content (AvgIpc) is 3.16. The lowest BCUT2D eigenvalue weighted by atomic mass is 10.2. The first-order valence-electron chi connectivity index (χ1n) is 10.2. The van der Waals surface area contributed by atoms with Gasteiger partial charge in [-0.15, -0.1) is 0 Å². The van der Waals surface area contributed by atoms with Crippen LogP contribution in [0.25, 0.3) is 11.0 Å². The predicted molar refractivity (Wildman–Crippen MR) is 121 cm³/mol. The number of hydrogen-bond donors (Lipinski definition) is 1. The van der Waals surface area contributed by atoms with Gasteiger partial charge in [-0.25, -0.2) is 4.98 Å². The largest absolute Gasteiger partial charge is 0.497 e. The number of carbonyl (C=O) groups excluding carboxylic acids is 1. The molecule has 0 aliphatic heterocycles. The van der Waals surface area contributed by atoms with Crippen molar-refractivity contribution in [2.45, 2.75) is 13.0 Å². The summed E-state index contributed by atoms with van der Waals surface area (Å²) >= 11 is 0. The average molecular weight is 415 g/mol. The molecule has 1 heterocycles. The van der Waals surface area contributed by atoms with Crippen LogP contribution >= 0.6 is 0 Å². The molecule has 4 rings (SSSR count). The minimum absolute atomic E-state index is 0.157. The number of nitrogens with zero attached hydrogens (tertiary/aromatic N) is 2. The summed E-state index contributed by atoms with van der Waals surface area (Å²) in [5.74, 6) is 2.16. The van der Waals surface area contributed by atoms with Gasteiger partial charge in [0.1, 0.15) is 17.3 Å². The van der Waals surface area contributed by atoms with Gasteiger partial charge in [0.2, 0.25) is 0 Å². The van der Waals surface area contributed by atoms with E-state index in [0.717, 1.165) is 28.2 Å². The van der Waals surface area contributed by atoms with Gasteiger partial charge in [0.15, 0.2) is 0 Å². The third-order valence-electron chi connectivity index (χ3n) is 5.22. The fourth-order valence-corrected chi connectivity index (χ4v) is 3.62. The third-order valence-corrected chi connectivity index (χ3v) is 5.22. The van der Waals surface area contributed by atoms with E-state index in [1.165, 1.54) is 0 Å². The van der Waals surface area contributed by atoms with Crippen molar-refractivity contribution < 1.29 is 14.3 Å². The van der Waals surface area contributed by atoms with Gasteiger partial charge in [0.05, 0.1) is 30.8 Å². The minimum atomic E-state index is -0.157. The molecule has 0 bridgehead atoms. The summed E-state index contributed by atoms with van der Waals surface area (Å²) in [7, 11) is 3.23. The number of amides is 1. The summed E-state index contributed by atoms with van der Waals surface area (Å²) in [6.45, 7) is 1.17. The number of ether oxygens (including phenoxy) is 2. The summed E-state index contributed by atoms with van der Waals surface area (Å²) in [5, 5.41) is 2.98. The van der Waals surface area contributed by atoms with E-state index in [4.69, 9.17) is 14.5 Å². The van der Waals surface area contributed by atoms with E-state index in [1.54, 1.807) is 26.4 Å². The molecule has 6 heteroatoms. The molecule has 0 saturated heterocycles. The highest BCUT2D eigenvalue weighted by Crippen LogP contribution is 2.20. The summed E-state index contributed by atoms with van der Waals surface area (Å²) < 4.78 is 12.7. The van der Waals surface area contributed by atoms with Crippen LogP contribution in [-0.2, 0) is 13.0 Å². The van der Waals surface area contributed by atoms with Crippen molar-refractivity contribution in [3.05, 3.63) is 89.7 Å². The number of nitrogens with one attached hydrogen (secondary N) is 1. The Labute approximate surface area is 181 Å². The SMILES string of the molecule is COc1ccc(Cn2c(CCNC(=O)c3ccccc3OC)nc3ccccc32)cc1. The van der Waals surface area contributed by atoms with Crippen LogP contribution in [0.4, 0.5) is 0 Å². The number of benzene rings is 3. The van der Waals surface area contributed by atoms with Crippen molar-refractivity contribution in [2.75, 3.05) is 20.8 Å². The van der Waals surface area contributed by atoms with Crippen molar-refractivity contribution >= 4 is 16.9 Å². The van der Waals surface area contributed by atoms with Gasteiger partial charge in [0, 0.05) is 19.5 Å².